The maximum absolute atomic E-state index is 15.7. The number of amides is 1. The molecule has 0 bridgehead atoms. The third-order valence-corrected chi connectivity index (χ3v) is 6.01. The fraction of sp³-hybridized carbons (Fsp3) is 0.0417. The van der Waals surface area contributed by atoms with Gasteiger partial charge in [0.25, 0.3) is 5.91 Å². The average molecular weight is 446 g/mol. The number of aromatic nitrogens is 2. The van der Waals surface area contributed by atoms with Gasteiger partial charge < -0.3 is 10.6 Å². The summed E-state index contributed by atoms with van der Waals surface area (Å²) in [5.41, 5.74) is 4.63. The number of nitrogens with zero attached hydrogens (tertiary/aromatic N) is 2. The third-order valence-electron chi connectivity index (χ3n) is 5.20. The number of anilines is 2. The van der Waals surface area contributed by atoms with Crippen molar-refractivity contribution in [2.45, 2.75) is 0 Å². The molecule has 8 heteroatoms. The number of benzene rings is 3. The molecule has 0 saturated heterocycles. The zero-order valence-corrected chi connectivity index (χ0v) is 17.6. The van der Waals surface area contributed by atoms with Crippen molar-refractivity contribution in [3.8, 4) is 11.1 Å². The zero-order valence-electron chi connectivity index (χ0n) is 16.8. The molecule has 0 unspecified atom stereocenters. The molecular weight excluding hydrogens is 430 g/mol. The Hall–Kier alpha value is -3.91. The van der Waals surface area contributed by atoms with E-state index >= 15 is 4.39 Å². The zero-order chi connectivity index (χ0) is 22.2. The number of fused-ring (bicyclic) bond motifs is 2. The molecule has 0 fully saturated rings. The molecule has 0 saturated carbocycles. The number of rotatable bonds is 4. The predicted molar refractivity (Wildman–Crippen MR) is 123 cm³/mol. The number of nitrogens with one attached hydrogen (secondary N) is 2. The Morgan fingerprint density at radius 2 is 1.78 bits per heavy atom. The van der Waals surface area contributed by atoms with Crippen molar-refractivity contribution in [1.29, 1.82) is 0 Å². The average Bonchev–Trinajstić information content (AvgIpc) is 3.27. The van der Waals surface area contributed by atoms with E-state index in [1.54, 1.807) is 35.2 Å². The van der Waals surface area contributed by atoms with Crippen LogP contribution in [0.2, 0.25) is 0 Å². The van der Waals surface area contributed by atoms with Gasteiger partial charge in [0.05, 0.1) is 32.3 Å². The highest BCUT2D eigenvalue weighted by molar-refractivity contribution is 7.16. The second-order valence-electron chi connectivity index (χ2n) is 7.11. The largest absolute Gasteiger partial charge is 0.355 e. The molecule has 0 spiro atoms. The maximum atomic E-state index is 15.7. The first-order chi connectivity index (χ1) is 15.5. The van der Waals surface area contributed by atoms with Gasteiger partial charge >= 0.3 is 0 Å². The van der Waals surface area contributed by atoms with Crippen LogP contribution in [-0.4, -0.2) is 22.9 Å². The molecule has 0 aliphatic rings. The van der Waals surface area contributed by atoms with Crippen molar-refractivity contribution >= 4 is 49.7 Å². The van der Waals surface area contributed by atoms with Crippen molar-refractivity contribution in [2.24, 2.45) is 0 Å². The molecule has 0 aliphatic carbocycles. The van der Waals surface area contributed by atoms with Crippen LogP contribution in [0.4, 0.5) is 20.2 Å². The Kier molecular flexibility index (Phi) is 4.99. The van der Waals surface area contributed by atoms with Crippen LogP contribution in [-0.2, 0) is 0 Å². The molecule has 0 radical (unpaired) electrons. The molecule has 2 heterocycles. The highest BCUT2D eigenvalue weighted by atomic mass is 32.1. The van der Waals surface area contributed by atoms with Crippen LogP contribution < -0.4 is 10.6 Å². The van der Waals surface area contributed by atoms with E-state index < -0.39 is 17.5 Å². The first-order valence-corrected chi connectivity index (χ1v) is 10.6. The summed E-state index contributed by atoms with van der Waals surface area (Å²) in [6.45, 7) is 0. The Labute approximate surface area is 185 Å². The van der Waals surface area contributed by atoms with Crippen LogP contribution in [0.3, 0.4) is 0 Å². The Balaban J connectivity index is 1.61. The Morgan fingerprint density at radius 1 is 0.938 bits per heavy atom. The summed E-state index contributed by atoms with van der Waals surface area (Å²) in [6.07, 6.45) is 1.59. The second-order valence-corrected chi connectivity index (χ2v) is 8.00. The van der Waals surface area contributed by atoms with Gasteiger partial charge in [-0.3, -0.25) is 9.78 Å². The summed E-state index contributed by atoms with van der Waals surface area (Å²) >= 11 is 1.54. The fourth-order valence-corrected chi connectivity index (χ4v) is 4.29. The minimum absolute atomic E-state index is 0.0655. The predicted octanol–water partition coefficient (Wildman–Crippen LogP) is 5.89. The van der Waals surface area contributed by atoms with E-state index in [2.05, 4.69) is 20.6 Å². The van der Waals surface area contributed by atoms with Crippen LogP contribution in [0, 0.1) is 11.6 Å². The first-order valence-electron chi connectivity index (χ1n) is 9.74. The summed E-state index contributed by atoms with van der Waals surface area (Å²) in [5, 5.41) is 5.92. The molecule has 1 amide bonds. The molecule has 32 heavy (non-hydrogen) atoms. The summed E-state index contributed by atoms with van der Waals surface area (Å²) in [5.74, 6) is -1.70. The maximum Gasteiger partial charge on any atom is 0.251 e. The minimum atomic E-state index is -0.684. The van der Waals surface area contributed by atoms with Crippen LogP contribution in [0.1, 0.15) is 10.4 Å². The Morgan fingerprint density at radius 3 is 2.59 bits per heavy atom. The quantitative estimate of drug-likeness (QED) is 0.361. The van der Waals surface area contributed by atoms with Crippen LogP contribution >= 0.6 is 11.3 Å². The highest BCUT2D eigenvalue weighted by Crippen LogP contribution is 2.35. The molecular formula is C24H16F2N4OS. The smallest absolute Gasteiger partial charge is 0.251 e. The SMILES string of the molecule is CNC(=O)c1ccc(-c2ccc3nccc(Nc4ccc5scnc5c4)c3c2F)c(F)c1. The number of halogens is 2. The second kappa shape index (κ2) is 7.97. The number of pyridine rings is 1. The standard InChI is InChI=1S/C24H16F2N4OS/c1-27-24(31)13-2-4-15(17(25)10-13)16-5-6-18-22(23(16)26)19(8-9-28-18)30-14-3-7-21-20(11-14)29-12-32-21/h2-12H,1H3,(H,27,31)(H,28,30). The van der Waals surface area contributed by atoms with Crippen LogP contribution in [0.5, 0.6) is 0 Å². The number of hydrogen-bond acceptors (Lipinski definition) is 5. The number of thiazole rings is 1. The lowest BCUT2D eigenvalue weighted by atomic mass is 9.99. The molecule has 3 aromatic carbocycles. The van der Waals surface area contributed by atoms with Gasteiger partial charge in [-0.15, -0.1) is 11.3 Å². The molecule has 0 aliphatic heterocycles. The molecule has 2 N–H and O–H groups in total. The molecule has 5 aromatic rings. The molecule has 5 nitrogen and oxygen atoms in total. The summed E-state index contributed by atoms with van der Waals surface area (Å²) in [7, 11) is 1.46. The number of carbonyl (C=O) groups excluding carboxylic acids is 1. The topological polar surface area (TPSA) is 66.9 Å². The van der Waals surface area contributed by atoms with Gasteiger partial charge in [0.1, 0.15) is 11.6 Å². The molecule has 0 atom stereocenters. The van der Waals surface area contributed by atoms with Crippen LogP contribution in [0.15, 0.2) is 66.3 Å². The lowest BCUT2D eigenvalue weighted by Gasteiger charge is -2.13. The van der Waals surface area contributed by atoms with Crippen molar-refractivity contribution in [3.63, 3.8) is 0 Å². The summed E-state index contributed by atoms with van der Waals surface area (Å²) < 4.78 is 31.5. The van der Waals surface area contributed by atoms with E-state index in [4.69, 9.17) is 0 Å². The lowest BCUT2D eigenvalue weighted by Crippen LogP contribution is -2.17. The van der Waals surface area contributed by atoms with Gasteiger partial charge in [0.2, 0.25) is 0 Å². The van der Waals surface area contributed by atoms with E-state index in [1.807, 2.05) is 18.2 Å². The van der Waals surface area contributed by atoms with Crippen molar-refractivity contribution in [2.75, 3.05) is 12.4 Å². The van der Waals surface area contributed by atoms with E-state index in [0.717, 1.165) is 22.0 Å². The van der Waals surface area contributed by atoms with Crippen LogP contribution in [0.25, 0.3) is 32.2 Å². The molecule has 5 rings (SSSR count). The van der Waals surface area contributed by atoms with Crippen molar-refractivity contribution < 1.29 is 13.6 Å². The van der Waals surface area contributed by atoms with E-state index in [-0.39, 0.29) is 22.1 Å². The van der Waals surface area contributed by atoms with E-state index in [1.165, 1.54) is 25.2 Å². The van der Waals surface area contributed by atoms with Gasteiger partial charge in [-0.05, 0) is 48.5 Å². The van der Waals surface area contributed by atoms with Gasteiger partial charge in [0, 0.05) is 35.6 Å². The highest BCUT2D eigenvalue weighted by Gasteiger charge is 2.17. The van der Waals surface area contributed by atoms with Gasteiger partial charge in [-0.1, -0.05) is 6.07 Å². The van der Waals surface area contributed by atoms with Gasteiger partial charge in [-0.2, -0.15) is 0 Å². The lowest BCUT2D eigenvalue weighted by molar-refractivity contribution is 0.0962. The van der Waals surface area contributed by atoms with E-state index in [9.17, 15) is 9.18 Å². The van der Waals surface area contributed by atoms with Crippen molar-refractivity contribution in [3.05, 3.63) is 83.5 Å². The summed E-state index contributed by atoms with van der Waals surface area (Å²) in [6, 6.07) is 14.5. The Bertz CT molecular complexity index is 1500. The number of hydrogen-bond donors (Lipinski definition) is 2. The fourth-order valence-electron chi connectivity index (χ4n) is 3.63. The van der Waals surface area contributed by atoms with Gasteiger partial charge in [-0.25, -0.2) is 13.8 Å². The minimum Gasteiger partial charge on any atom is -0.355 e. The molecule has 2 aromatic heterocycles. The number of carbonyl (C=O) groups is 1. The monoisotopic (exact) mass is 446 g/mol. The van der Waals surface area contributed by atoms with Crippen molar-refractivity contribution in [1.82, 2.24) is 15.3 Å². The third kappa shape index (κ3) is 3.44. The first kappa shape index (κ1) is 20.0. The molecule has 158 valence electrons. The van der Waals surface area contributed by atoms with Gasteiger partial charge in [0.15, 0.2) is 0 Å². The summed E-state index contributed by atoms with van der Waals surface area (Å²) in [4.78, 5) is 20.3. The van der Waals surface area contributed by atoms with E-state index in [0.29, 0.717) is 11.2 Å². The normalized spacial score (nSPS) is 11.1.